The zero-order chi connectivity index (χ0) is 20.9. The summed E-state index contributed by atoms with van der Waals surface area (Å²) in [4.78, 5) is 18.6. The van der Waals surface area contributed by atoms with Crippen LogP contribution >= 0.6 is 0 Å². The van der Waals surface area contributed by atoms with Crippen LogP contribution in [0.2, 0.25) is 0 Å². The summed E-state index contributed by atoms with van der Waals surface area (Å²) in [6, 6.07) is 10.5. The molecule has 0 spiro atoms. The number of aromatic amines is 1. The minimum Gasteiger partial charge on any atom is -0.508 e. The smallest absolute Gasteiger partial charge is 0.256 e. The number of phenolic OH excluding ortho intramolecular Hbond substituents is 1. The van der Waals surface area contributed by atoms with Crippen LogP contribution in [-0.2, 0) is 11.3 Å². The molecule has 3 aromatic rings. The van der Waals surface area contributed by atoms with E-state index in [1.807, 2.05) is 12.1 Å². The number of H-pyrrole nitrogens is 1. The second-order valence-electron chi connectivity index (χ2n) is 6.83. The van der Waals surface area contributed by atoms with Crippen molar-refractivity contribution in [2.45, 2.75) is 6.54 Å². The maximum atomic E-state index is 12.0. The van der Waals surface area contributed by atoms with Crippen molar-refractivity contribution < 1.29 is 14.6 Å². The lowest BCUT2D eigenvalue weighted by atomic mass is 10.2. The summed E-state index contributed by atoms with van der Waals surface area (Å²) in [5, 5.41) is 22.5. The van der Waals surface area contributed by atoms with E-state index in [0.717, 1.165) is 24.3 Å². The topological polar surface area (TPSA) is 141 Å². The third-order valence-electron chi connectivity index (χ3n) is 4.79. The van der Waals surface area contributed by atoms with Crippen molar-refractivity contribution in [1.82, 2.24) is 15.2 Å². The second-order valence-corrected chi connectivity index (χ2v) is 6.83. The van der Waals surface area contributed by atoms with Gasteiger partial charge in [0.25, 0.3) is 5.91 Å². The van der Waals surface area contributed by atoms with Gasteiger partial charge in [0.2, 0.25) is 0 Å². The molecule has 30 heavy (non-hydrogen) atoms. The van der Waals surface area contributed by atoms with Crippen molar-refractivity contribution in [3.05, 3.63) is 53.7 Å². The predicted octanol–water partition coefficient (Wildman–Crippen LogP) is 1.80. The Bertz CT molecular complexity index is 996. The van der Waals surface area contributed by atoms with Gasteiger partial charge in [-0.3, -0.25) is 9.89 Å². The zero-order valence-corrected chi connectivity index (χ0v) is 16.3. The molecule has 1 fully saturated rings. The highest BCUT2D eigenvalue weighted by Crippen LogP contribution is 2.25. The van der Waals surface area contributed by atoms with Crippen LogP contribution in [0.3, 0.4) is 0 Å². The van der Waals surface area contributed by atoms with E-state index in [0.29, 0.717) is 37.2 Å². The maximum Gasteiger partial charge on any atom is 0.256 e. The molecule has 1 aromatic carbocycles. The van der Waals surface area contributed by atoms with E-state index >= 15 is 0 Å². The van der Waals surface area contributed by atoms with E-state index in [4.69, 9.17) is 10.5 Å². The van der Waals surface area contributed by atoms with Crippen molar-refractivity contribution in [1.29, 1.82) is 0 Å². The summed E-state index contributed by atoms with van der Waals surface area (Å²) < 4.78 is 5.37. The number of primary amides is 1. The highest BCUT2D eigenvalue weighted by atomic mass is 16.5. The Kier molecular flexibility index (Phi) is 5.66. The minimum atomic E-state index is -0.621. The van der Waals surface area contributed by atoms with E-state index in [2.05, 4.69) is 30.7 Å². The molecule has 0 bridgehead atoms. The van der Waals surface area contributed by atoms with Gasteiger partial charge in [0.15, 0.2) is 5.82 Å². The number of aromatic nitrogens is 3. The number of phenols is 1. The first-order valence-corrected chi connectivity index (χ1v) is 9.56. The molecule has 0 unspecified atom stereocenters. The Balaban J connectivity index is 1.46. The van der Waals surface area contributed by atoms with Gasteiger partial charge in [0.05, 0.1) is 25.1 Å². The zero-order valence-electron chi connectivity index (χ0n) is 16.3. The molecule has 4 rings (SSSR count). The third-order valence-corrected chi connectivity index (χ3v) is 4.79. The molecule has 1 amide bonds. The van der Waals surface area contributed by atoms with Gasteiger partial charge < -0.3 is 31.1 Å². The second kappa shape index (κ2) is 8.70. The molecule has 3 heterocycles. The first-order chi connectivity index (χ1) is 14.6. The summed E-state index contributed by atoms with van der Waals surface area (Å²) in [6.45, 7) is 3.49. The van der Waals surface area contributed by atoms with Crippen LogP contribution in [0.25, 0.3) is 0 Å². The van der Waals surface area contributed by atoms with Crippen LogP contribution in [0.15, 0.2) is 42.6 Å². The van der Waals surface area contributed by atoms with E-state index in [9.17, 15) is 9.90 Å². The number of nitrogens with zero attached hydrogens (tertiary/aromatic N) is 3. The molecule has 1 saturated heterocycles. The lowest BCUT2D eigenvalue weighted by Gasteiger charge is -2.28. The predicted molar refractivity (Wildman–Crippen MR) is 113 cm³/mol. The molecular weight excluding hydrogens is 386 g/mol. The number of rotatable bonds is 7. The number of nitrogens with one attached hydrogen (secondary N) is 3. The molecular formula is C20H23N7O3. The maximum absolute atomic E-state index is 12.0. The number of ether oxygens (including phenoxy) is 1. The Hall–Kier alpha value is -3.79. The van der Waals surface area contributed by atoms with Crippen LogP contribution in [0, 0.1) is 0 Å². The lowest BCUT2D eigenvalue weighted by Crippen LogP contribution is -2.36. The van der Waals surface area contributed by atoms with Gasteiger partial charge in [-0.2, -0.15) is 5.10 Å². The normalized spacial score (nSPS) is 13.8. The quantitative estimate of drug-likeness (QED) is 0.398. The molecule has 10 nitrogen and oxygen atoms in total. The number of anilines is 4. The summed E-state index contributed by atoms with van der Waals surface area (Å²) in [5.41, 5.74) is 7.72. The summed E-state index contributed by atoms with van der Waals surface area (Å²) in [6.07, 6.45) is 1.77. The summed E-state index contributed by atoms with van der Waals surface area (Å²) in [7, 11) is 0. The van der Waals surface area contributed by atoms with Crippen LogP contribution < -0.4 is 21.3 Å². The number of carbonyl (C=O) groups is 1. The molecule has 1 aliphatic heterocycles. The molecule has 0 radical (unpaired) electrons. The molecule has 0 atom stereocenters. The number of aromatic hydroxyl groups is 1. The SMILES string of the molecule is NC(=O)c1c(Nc2ccc(N3CCOCC3)cn2)n[nH]c1NCc1ccc(O)cc1. The third kappa shape index (κ3) is 4.44. The van der Waals surface area contributed by atoms with Gasteiger partial charge in [-0.15, -0.1) is 0 Å². The molecule has 2 aromatic heterocycles. The average Bonchev–Trinajstić information content (AvgIpc) is 3.17. The fourth-order valence-electron chi connectivity index (χ4n) is 3.19. The Morgan fingerprint density at radius 2 is 1.97 bits per heavy atom. The van der Waals surface area contributed by atoms with Gasteiger partial charge in [0, 0.05) is 19.6 Å². The lowest BCUT2D eigenvalue weighted by molar-refractivity contribution is 0.100. The number of hydrogen-bond acceptors (Lipinski definition) is 8. The number of hydrogen-bond donors (Lipinski definition) is 5. The van der Waals surface area contributed by atoms with E-state index in [1.54, 1.807) is 30.5 Å². The van der Waals surface area contributed by atoms with Crippen molar-refractivity contribution >= 4 is 29.0 Å². The first-order valence-electron chi connectivity index (χ1n) is 9.56. The Morgan fingerprint density at radius 3 is 2.63 bits per heavy atom. The molecule has 156 valence electrons. The van der Waals surface area contributed by atoms with Crippen LogP contribution in [0.4, 0.5) is 23.1 Å². The van der Waals surface area contributed by atoms with Gasteiger partial charge in [-0.1, -0.05) is 12.1 Å². The first kappa shape index (κ1) is 19.5. The molecule has 1 aliphatic rings. The van der Waals surface area contributed by atoms with Crippen LogP contribution in [-0.4, -0.2) is 52.5 Å². The number of amides is 1. The van der Waals surface area contributed by atoms with Crippen molar-refractivity contribution in [3.8, 4) is 5.75 Å². The number of carbonyl (C=O) groups excluding carboxylic acids is 1. The van der Waals surface area contributed by atoms with E-state index < -0.39 is 5.91 Å². The fourth-order valence-corrected chi connectivity index (χ4v) is 3.19. The van der Waals surface area contributed by atoms with Crippen LogP contribution in [0.5, 0.6) is 5.75 Å². The molecule has 0 saturated carbocycles. The van der Waals surface area contributed by atoms with Crippen LogP contribution in [0.1, 0.15) is 15.9 Å². The van der Waals surface area contributed by atoms with Gasteiger partial charge >= 0.3 is 0 Å². The highest BCUT2D eigenvalue weighted by molar-refractivity contribution is 6.03. The largest absolute Gasteiger partial charge is 0.508 e. The number of benzene rings is 1. The number of pyridine rings is 1. The van der Waals surface area contributed by atoms with E-state index in [1.165, 1.54) is 0 Å². The summed E-state index contributed by atoms with van der Waals surface area (Å²) >= 11 is 0. The standard InChI is InChI=1S/C20H23N7O3/c21-18(29)17-19(23-11-13-1-4-15(28)5-2-13)25-26-20(17)24-16-6-3-14(12-22-16)27-7-9-30-10-8-27/h1-6,12,28H,7-11H2,(H2,21,29)(H3,22,23,24,25,26). The Morgan fingerprint density at radius 1 is 1.20 bits per heavy atom. The average molecular weight is 409 g/mol. The molecule has 10 heteroatoms. The molecule has 0 aliphatic carbocycles. The van der Waals surface area contributed by atoms with Crippen molar-refractivity contribution in [2.24, 2.45) is 5.73 Å². The van der Waals surface area contributed by atoms with Crippen molar-refractivity contribution in [3.63, 3.8) is 0 Å². The highest BCUT2D eigenvalue weighted by Gasteiger charge is 2.19. The Labute approximate surface area is 173 Å². The monoisotopic (exact) mass is 409 g/mol. The van der Waals surface area contributed by atoms with E-state index in [-0.39, 0.29) is 11.3 Å². The fraction of sp³-hybridized carbons (Fsp3) is 0.250. The minimum absolute atomic E-state index is 0.191. The van der Waals surface area contributed by atoms with Gasteiger partial charge in [-0.25, -0.2) is 4.98 Å². The number of morpholine rings is 1. The van der Waals surface area contributed by atoms with Crippen molar-refractivity contribution in [2.75, 3.05) is 41.8 Å². The number of nitrogens with two attached hydrogens (primary N) is 1. The van der Waals surface area contributed by atoms with Gasteiger partial charge in [0.1, 0.15) is 22.9 Å². The van der Waals surface area contributed by atoms with Gasteiger partial charge in [-0.05, 0) is 29.8 Å². The molecule has 6 N–H and O–H groups in total. The summed E-state index contributed by atoms with van der Waals surface area (Å²) in [5.74, 6) is 0.817.